The van der Waals surface area contributed by atoms with Gasteiger partial charge in [0.25, 0.3) is 0 Å². The zero-order valence-corrected chi connectivity index (χ0v) is 10.5. The first-order valence-corrected chi connectivity index (χ1v) is 5.87. The highest BCUT2D eigenvalue weighted by Gasteiger charge is 2.27. The minimum Gasteiger partial charge on any atom is -0.507 e. The second-order valence-corrected chi connectivity index (χ2v) is 5.61. The van der Waals surface area contributed by atoms with Gasteiger partial charge in [-0.15, -0.1) is 0 Å². The Bertz CT molecular complexity index is 475. The van der Waals surface area contributed by atoms with Crippen LogP contribution in [0.25, 0.3) is 5.57 Å². The second-order valence-electron chi connectivity index (χ2n) is 3.61. The standard InChI is InChI=1S/C12H9Cl3O/c13-10-7-12(14,15)6-5-8(10)9-3-1-2-4-11(9)16/h1-6,16H,7H2. The molecule has 16 heavy (non-hydrogen) atoms. The van der Waals surface area contributed by atoms with Crippen molar-refractivity contribution in [1.29, 1.82) is 0 Å². The molecule has 0 saturated carbocycles. The fourth-order valence-corrected chi connectivity index (χ4v) is 2.50. The molecular weight excluding hydrogens is 266 g/mol. The SMILES string of the molecule is Oc1ccccc1C1=C(Cl)CC(Cl)(Cl)C=C1. The lowest BCUT2D eigenvalue weighted by molar-refractivity contribution is 0.473. The number of hydrogen-bond donors (Lipinski definition) is 1. The summed E-state index contributed by atoms with van der Waals surface area (Å²) in [5.41, 5.74) is 1.45. The average molecular weight is 276 g/mol. The predicted octanol–water partition coefficient (Wildman–Crippen LogP) is 4.48. The molecule has 0 saturated heterocycles. The van der Waals surface area contributed by atoms with Crippen LogP contribution in [0.4, 0.5) is 0 Å². The third kappa shape index (κ3) is 2.37. The van der Waals surface area contributed by atoms with E-state index in [0.29, 0.717) is 17.0 Å². The van der Waals surface area contributed by atoms with Crippen LogP contribution in [-0.4, -0.2) is 9.44 Å². The first-order chi connectivity index (χ1) is 7.49. The Balaban J connectivity index is 2.45. The minimum absolute atomic E-state index is 0.192. The van der Waals surface area contributed by atoms with Crippen molar-refractivity contribution in [3.8, 4) is 5.75 Å². The van der Waals surface area contributed by atoms with Crippen molar-refractivity contribution in [3.05, 3.63) is 47.0 Å². The van der Waals surface area contributed by atoms with E-state index in [2.05, 4.69) is 0 Å². The highest BCUT2D eigenvalue weighted by molar-refractivity contribution is 6.51. The van der Waals surface area contributed by atoms with Gasteiger partial charge in [0, 0.05) is 17.0 Å². The van der Waals surface area contributed by atoms with Crippen LogP contribution in [0.1, 0.15) is 12.0 Å². The highest BCUT2D eigenvalue weighted by Crippen LogP contribution is 2.42. The maximum Gasteiger partial charge on any atom is 0.141 e. The van der Waals surface area contributed by atoms with E-state index >= 15 is 0 Å². The molecule has 0 fully saturated rings. The molecule has 1 aliphatic rings. The molecule has 1 N–H and O–H groups in total. The van der Waals surface area contributed by atoms with Crippen molar-refractivity contribution in [2.24, 2.45) is 0 Å². The molecule has 1 aromatic rings. The van der Waals surface area contributed by atoms with E-state index in [4.69, 9.17) is 34.8 Å². The monoisotopic (exact) mass is 274 g/mol. The molecule has 0 spiro atoms. The van der Waals surface area contributed by atoms with Gasteiger partial charge in [0.05, 0.1) is 0 Å². The third-order valence-corrected chi connectivity index (χ3v) is 3.23. The predicted molar refractivity (Wildman–Crippen MR) is 69.1 cm³/mol. The zero-order valence-electron chi connectivity index (χ0n) is 8.25. The Kier molecular flexibility index (Phi) is 3.20. The van der Waals surface area contributed by atoms with Gasteiger partial charge in [-0.1, -0.05) is 59.1 Å². The molecule has 4 heteroatoms. The van der Waals surface area contributed by atoms with Crippen molar-refractivity contribution >= 4 is 40.4 Å². The normalized spacial score (nSPS) is 18.9. The van der Waals surface area contributed by atoms with E-state index in [1.54, 1.807) is 30.4 Å². The van der Waals surface area contributed by atoms with Crippen LogP contribution in [0.15, 0.2) is 41.4 Å². The molecule has 2 rings (SSSR count). The summed E-state index contributed by atoms with van der Waals surface area (Å²) < 4.78 is -0.953. The lowest BCUT2D eigenvalue weighted by Crippen LogP contribution is -2.12. The van der Waals surface area contributed by atoms with E-state index in [0.717, 1.165) is 5.57 Å². The summed E-state index contributed by atoms with van der Waals surface area (Å²) in [6, 6.07) is 7.01. The number of benzene rings is 1. The van der Waals surface area contributed by atoms with E-state index in [-0.39, 0.29) is 5.75 Å². The molecule has 0 unspecified atom stereocenters. The van der Waals surface area contributed by atoms with Crippen molar-refractivity contribution < 1.29 is 5.11 Å². The van der Waals surface area contributed by atoms with Crippen LogP contribution in [0.2, 0.25) is 0 Å². The summed E-state index contributed by atoms with van der Waals surface area (Å²) in [5.74, 6) is 0.192. The molecule has 0 amide bonds. The van der Waals surface area contributed by atoms with Crippen LogP contribution in [-0.2, 0) is 0 Å². The van der Waals surface area contributed by atoms with E-state index in [9.17, 15) is 5.11 Å². The number of aromatic hydroxyl groups is 1. The molecule has 84 valence electrons. The zero-order chi connectivity index (χ0) is 11.8. The molecule has 0 aliphatic heterocycles. The Morgan fingerprint density at radius 3 is 2.50 bits per heavy atom. The molecule has 0 atom stereocenters. The smallest absolute Gasteiger partial charge is 0.141 e. The maximum atomic E-state index is 9.72. The van der Waals surface area contributed by atoms with Gasteiger partial charge >= 0.3 is 0 Å². The van der Waals surface area contributed by atoms with Gasteiger partial charge in [-0.05, 0) is 17.7 Å². The number of para-hydroxylation sites is 1. The Morgan fingerprint density at radius 1 is 1.19 bits per heavy atom. The van der Waals surface area contributed by atoms with Gasteiger partial charge in [-0.2, -0.15) is 0 Å². The second kappa shape index (κ2) is 4.33. The Morgan fingerprint density at radius 2 is 1.88 bits per heavy atom. The Labute approximate surface area is 109 Å². The van der Waals surface area contributed by atoms with Crippen molar-refractivity contribution in [3.63, 3.8) is 0 Å². The Hall–Kier alpha value is -0.630. The van der Waals surface area contributed by atoms with Gasteiger partial charge in [-0.3, -0.25) is 0 Å². The molecule has 0 radical (unpaired) electrons. The number of alkyl halides is 2. The van der Waals surface area contributed by atoms with Crippen LogP contribution < -0.4 is 0 Å². The van der Waals surface area contributed by atoms with E-state index in [1.165, 1.54) is 0 Å². The summed E-state index contributed by atoms with van der Waals surface area (Å²) in [5, 5.41) is 10.3. The number of hydrogen-bond acceptors (Lipinski definition) is 1. The summed E-state index contributed by atoms with van der Waals surface area (Å²) in [4.78, 5) is 0. The van der Waals surface area contributed by atoms with E-state index < -0.39 is 4.33 Å². The fraction of sp³-hybridized carbons (Fsp3) is 0.167. The molecule has 0 heterocycles. The summed E-state index contributed by atoms with van der Waals surface area (Å²) in [7, 11) is 0. The van der Waals surface area contributed by atoms with Gasteiger partial charge in [0.1, 0.15) is 10.1 Å². The number of halogens is 3. The summed E-state index contributed by atoms with van der Waals surface area (Å²) in [6.07, 6.45) is 3.75. The molecular formula is C12H9Cl3O. The van der Waals surface area contributed by atoms with Gasteiger partial charge < -0.3 is 5.11 Å². The van der Waals surface area contributed by atoms with E-state index in [1.807, 2.05) is 6.07 Å². The first kappa shape index (κ1) is 11.8. The van der Waals surface area contributed by atoms with Crippen LogP contribution in [0, 0.1) is 0 Å². The van der Waals surface area contributed by atoms with Crippen LogP contribution in [0.5, 0.6) is 5.75 Å². The summed E-state index contributed by atoms with van der Waals surface area (Å²) in [6.45, 7) is 0. The quantitative estimate of drug-likeness (QED) is 0.749. The third-order valence-electron chi connectivity index (χ3n) is 2.37. The van der Waals surface area contributed by atoms with Crippen molar-refractivity contribution in [2.45, 2.75) is 10.8 Å². The molecule has 1 aliphatic carbocycles. The first-order valence-electron chi connectivity index (χ1n) is 4.74. The lowest BCUT2D eigenvalue weighted by Gasteiger charge is -2.21. The number of allylic oxidation sites excluding steroid dienone is 4. The number of phenolic OH excluding ortho intramolecular Hbond substituents is 1. The highest BCUT2D eigenvalue weighted by atomic mass is 35.5. The topological polar surface area (TPSA) is 20.2 Å². The molecule has 1 nitrogen and oxygen atoms in total. The molecule has 1 aromatic carbocycles. The fourth-order valence-electron chi connectivity index (χ4n) is 1.59. The largest absolute Gasteiger partial charge is 0.507 e. The van der Waals surface area contributed by atoms with Gasteiger partial charge in [0.15, 0.2) is 0 Å². The van der Waals surface area contributed by atoms with Crippen molar-refractivity contribution in [1.82, 2.24) is 0 Å². The number of rotatable bonds is 1. The maximum absolute atomic E-state index is 9.72. The van der Waals surface area contributed by atoms with Crippen LogP contribution in [0.3, 0.4) is 0 Å². The average Bonchev–Trinajstić information content (AvgIpc) is 2.18. The van der Waals surface area contributed by atoms with Gasteiger partial charge in [0.2, 0.25) is 0 Å². The lowest BCUT2D eigenvalue weighted by atomic mass is 9.98. The minimum atomic E-state index is -0.953. The molecule has 0 bridgehead atoms. The number of phenols is 1. The summed E-state index contributed by atoms with van der Waals surface area (Å²) >= 11 is 18.0. The molecule has 0 aromatic heterocycles. The van der Waals surface area contributed by atoms with Crippen molar-refractivity contribution in [2.75, 3.05) is 0 Å². The van der Waals surface area contributed by atoms with Crippen LogP contribution >= 0.6 is 34.8 Å². The van der Waals surface area contributed by atoms with Gasteiger partial charge in [-0.25, -0.2) is 0 Å².